The minimum absolute atomic E-state index is 0. The van der Waals surface area contributed by atoms with Crippen LogP contribution in [0.5, 0.6) is 0 Å². The van der Waals surface area contributed by atoms with Crippen LogP contribution in [0.4, 0.5) is 0 Å². The van der Waals surface area contributed by atoms with Crippen LogP contribution >= 0.6 is 35.3 Å². The van der Waals surface area contributed by atoms with Crippen LogP contribution in [0.25, 0.3) is 0 Å². The average molecular weight is 503 g/mol. The molecule has 27 heavy (non-hydrogen) atoms. The maximum Gasteiger partial charge on any atom is 0.250 e. The number of nitrogens with one attached hydrogen (secondary N) is 2. The summed E-state index contributed by atoms with van der Waals surface area (Å²) in [5.41, 5.74) is 1.18. The summed E-state index contributed by atoms with van der Waals surface area (Å²) in [6, 6.07) is 5.25. The number of unbranched alkanes of at least 4 members (excludes halogenated alkanes) is 1. The van der Waals surface area contributed by atoms with Gasteiger partial charge in [-0.25, -0.2) is 4.98 Å². The average Bonchev–Trinajstić information content (AvgIpc) is 2.94. The number of halogens is 1. The molecule has 0 radical (unpaired) electrons. The highest BCUT2D eigenvalue weighted by atomic mass is 127. The summed E-state index contributed by atoms with van der Waals surface area (Å²) in [5, 5.41) is 7.80. The van der Waals surface area contributed by atoms with Gasteiger partial charge in [0.15, 0.2) is 5.96 Å². The molecular weight excluding hydrogens is 473 g/mol. The molecule has 0 unspecified atom stereocenters. The topological polar surface area (TPSA) is 71.3 Å². The van der Waals surface area contributed by atoms with Gasteiger partial charge in [0.05, 0.1) is 10.7 Å². The van der Waals surface area contributed by atoms with Gasteiger partial charge in [-0.15, -0.1) is 35.3 Å². The van der Waals surface area contributed by atoms with Crippen molar-refractivity contribution in [2.24, 2.45) is 4.99 Å². The van der Waals surface area contributed by atoms with Crippen molar-refractivity contribution < 1.29 is 0 Å². The second-order valence-corrected chi connectivity index (χ2v) is 7.41. The summed E-state index contributed by atoms with van der Waals surface area (Å²) in [7, 11) is 0. The number of hydrogen-bond acceptors (Lipinski definition) is 4. The SMILES string of the molecule is CCNC(=NCCCCn1ccccc1=O)NCCc1nc(C)c(C)s1.I. The first-order valence-corrected chi connectivity index (χ1v) is 10.0. The lowest BCUT2D eigenvalue weighted by Gasteiger charge is -2.10. The first-order valence-electron chi connectivity index (χ1n) is 9.20. The monoisotopic (exact) mass is 503 g/mol. The number of nitrogens with zero attached hydrogens (tertiary/aromatic N) is 3. The predicted octanol–water partition coefficient (Wildman–Crippen LogP) is 3.12. The summed E-state index contributed by atoms with van der Waals surface area (Å²) in [6.45, 7) is 9.36. The standard InChI is InChI=1S/C19H29N5OS.HI/c1-4-20-19(22-12-10-17-23-15(2)16(3)26-17)21-11-6-8-14-24-13-7-5-9-18(24)25;/h5,7,9,13H,4,6,8,10-12,14H2,1-3H3,(H2,20,21,22);1H. The molecule has 2 aromatic rings. The summed E-state index contributed by atoms with van der Waals surface area (Å²) >= 11 is 1.76. The summed E-state index contributed by atoms with van der Waals surface area (Å²) < 4.78 is 1.74. The largest absolute Gasteiger partial charge is 0.357 e. The molecule has 0 bridgehead atoms. The second kappa shape index (κ2) is 12.9. The number of aryl methyl sites for hydroxylation is 3. The van der Waals surface area contributed by atoms with Crippen molar-refractivity contribution in [3.63, 3.8) is 0 Å². The maximum atomic E-state index is 11.6. The molecule has 0 saturated carbocycles. The lowest BCUT2D eigenvalue weighted by atomic mass is 10.3. The molecular formula is C19H30IN5OS. The minimum Gasteiger partial charge on any atom is -0.357 e. The third-order valence-corrected chi connectivity index (χ3v) is 5.16. The molecule has 0 amide bonds. The molecule has 0 aromatic carbocycles. The summed E-state index contributed by atoms with van der Waals surface area (Å²) in [6.07, 6.45) is 4.62. The molecule has 2 heterocycles. The van der Waals surface area contributed by atoms with Crippen LogP contribution in [-0.4, -0.2) is 35.1 Å². The zero-order valence-corrected chi connectivity index (χ0v) is 19.5. The normalized spacial score (nSPS) is 11.1. The van der Waals surface area contributed by atoms with Gasteiger partial charge in [0, 0.05) is 49.7 Å². The lowest BCUT2D eigenvalue weighted by molar-refractivity contribution is 0.597. The molecule has 0 fully saturated rings. The number of aromatic nitrogens is 2. The zero-order valence-electron chi connectivity index (χ0n) is 16.3. The second-order valence-electron chi connectivity index (χ2n) is 6.13. The van der Waals surface area contributed by atoms with Crippen molar-refractivity contribution in [1.29, 1.82) is 0 Å². The van der Waals surface area contributed by atoms with Crippen molar-refractivity contribution in [2.75, 3.05) is 19.6 Å². The van der Waals surface area contributed by atoms with E-state index in [0.29, 0.717) is 0 Å². The Morgan fingerprint density at radius 1 is 1.26 bits per heavy atom. The molecule has 0 aliphatic carbocycles. The van der Waals surface area contributed by atoms with Crippen LogP contribution in [-0.2, 0) is 13.0 Å². The molecule has 0 spiro atoms. The minimum atomic E-state index is 0. The van der Waals surface area contributed by atoms with Gasteiger partial charge in [0.25, 0.3) is 0 Å². The molecule has 8 heteroatoms. The van der Waals surface area contributed by atoms with Crippen LogP contribution in [0.15, 0.2) is 34.2 Å². The molecule has 0 atom stereocenters. The highest BCUT2D eigenvalue weighted by Gasteiger charge is 2.04. The molecule has 2 aromatic heterocycles. The quantitative estimate of drug-likeness (QED) is 0.239. The lowest BCUT2D eigenvalue weighted by Crippen LogP contribution is -2.38. The zero-order chi connectivity index (χ0) is 18.8. The number of hydrogen-bond donors (Lipinski definition) is 2. The van der Waals surface area contributed by atoms with Gasteiger partial charge in [-0.3, -0.25) is 9.79 Å². The van der Waals surface area contributed by atoms with Crippen LogP contribution in [0, 0.1) is 13.8 Å². The number of guanidine groups is 1. The van der Waals surface area contributed by atoms with E-state index in [-0.39, 0.29) is 29.5 Å². The molecule has 6 nitrogen and oxygen atoms in total. The van der Waals surface area contributed by atoms with E-state index in [2.05, 4.69) is 41.4 Å². The van der Waals surface area contributed by atoms with E-state index in [4.69, 9.17) is 0 Å². The predicted molar refractivity (Wildman–Crippen MR) is 125 cm³/mol. The Balaban J connectivity index is 0.00000364. The van der Waals surface area contributed by atoms with E-state index in [1.165, 1.54) is 4.88 Å². The Morgan fingerprint density at radius 2 is 2.07 bits per heavy atom. The Kier molecular flexibility index (Phi) is 11.3. The van der Waals surface area contributed by atoms with Crippen molar-refractivity contribution in [1.82, 2.24) is 20.2 Å². The Bertz CT molecular complexity index is 752. The maximum absolute atomic E-state index is 11.6. The van der Waals surface area contributed by atoms with Gasteiger partial charge in [-0.1, -0.05) is 6.07 Å². The van der Waals surface area contributed by atoms with E-state index in [0.717, 1.165) is 62.1 Å². The van der Waals surface area contributed by atoms with E-state index < -0.39 is 0 Å². The number of thiazole rings is 1. The van der Waals surface area contributed by atoms with Crippen molar-refractivity contribution in [3.05, 3.63) is 50.3 Å². The summed E-state index contributed by atoms with van der Waals surface area (Å²) in [4.78, 5) is 22.1. The van der Waals surface area contributed by atoms with Gasteiger partial charge in [0.1, 0.15) is 0 Å². The van der Waals surface area contributed by atoms with Crippen molar-refractivity contribution in [2.45, 2.75) is 46.6 Å². The van der Waals surface area contributed by atoms with Crippen molar-refractivity contribution in [3.8, 4) is 0 Å². The van der Waals surface area contributed by atoms with E-state index in [1.807, 2.05) is 12.3 Å². The van der Waals surface area contributed by atoms with E-state index >= 15 is 0 Å². The van der Waals surface area contributed by atoms with Gasteiger partial charge in [-0.05, 0) is 39.7 Å². The van der Waals surface area contributed by atoms with Gasteiger partial charge < -0.3 is 15.2 Å². The van der Waals surface area contributed by atoms with Gasteiger partial charge in [-0.2, -0.15) is 0 Å². The fourth-order valence-electron chi connectivity index (χ4n) is 2.51. The number of rotatable bonds is 9. The third kappa shape index (κ3) is 8.42. The Hall–Kier alpha value is -1.42. The molecule has 2 N–H and O–H groups in total. The highest BCUT2D eigenvalue weighted by Crippen LogP contribution is 2.16. The smallest absolute Gasteiger partial charge is 0.250 e. The molecule has 0 saturated heterocycles. The first-order chi connectivity index (χ1) is 12.6. The number of pyridine rings is 1. The van der Waals surface area contributed by atoms with Crippen LogP contribution in [0.3, 0.4) is 0 Å². The van der Waals surface area contributed by atoms with Crippen LogP contribution < -0.4 is 16.2 Å². The van der Waals surface area contributed by atoms with Crippen LogP contribution in [0.2, 0.25) is 0 Å². The first kappa shape index (κ1) is 23.6. The fraction of sp³-hybridized carbons (Fsp3) is 0.526. The highest BCUT2D eigenvalue weighted by molar-refractivity contribution is 14.0. The summed E-state index contributed by atoms with van der Waals surface area (Å²) in [5.74, 6) is 0.842. The van der Waals surface area contributed by atoms with Gasteiger partial charge in [0.2, 0.25) is 5.56 Å². The Morgan fingerprint density at radius 3 is 2.74 bits per heavy atom. The van der Waals surface area contributed by atoms with E-state index in [9.17, 15) is 4.79 Å². The molecule has 150 valence electrons. The molecule has 0 aliphatic heterocycles. The van der Waals surface area contributed by atoms with Gasteiger partial charge >= 0.3 is 0 Å². The number of aliphatic imine (C=N–C) groups is 1. The third-order valence-electron chi connectivity index (χ3n) is 4.02. The van der Waals surface area contributed by atoms with Crippen molar-refractivity contribution >= 4 is 41.3 Å². The molecule has 2 rings (SSSR count). The van der Waals surface area contributed by atoms with Crippen LogP contribution in [0.1, 0.15) is 35.3 Å². The van der Waals surface area contributed by atoms with E-state index in [1.54, 1.807) is 28.0 Å². The Labute approximate surface area is 182 Å². The fourth-order valence-corrected chi connectivity index (χ4v) is 3.44. The molecule has 0 aliphatic rings.